The number of anilines is 1. The minimum Gasteiger partial charge on any atom is -0.351 e. The molecule has 1 fully saturated rings. The Morgan fingerprint density at radius 1 is 1.25 bits per heavy atom. The fraction of sp³-hybridized carbons (Fsp3) is 0.438. The van der Waals surface area contributed by atoms with Crippen LogP contribution in [0, 0.1) is 5.82 Å². The number of nitrogens with zero attached hydrogens (tertiary/aromatic N) is 5. The highest BCUT2D eigenvalue weighted by Crippen LogP contribution is 2.38. The normalized spacial score (nSPS) is 23.2. The minimum absolute atomic E-state index is 0.0569. The molecule has 6 nitrogen and oxygen atoms in total. The number of aliphatic imine (C=N–C) groups is 2. The summed E-state index contributed by atoms with van der Waals surface area (Å²) in [6, 6.07) is 3.03. The summed E-state index contributed by atoms with van der Waals surface area (Å²) in [6.45, 7) is 5.47. The minimum atomic E-state index is -0.480. The first kappa shape index (κ1) is 15.5. The van der Waals surface area contributed by atoms with Crippen LogP contribution < -0.4 is 10.3 Å². The zero-order valence-corrected chi connectivity index (χ0v) is 14.1. The lowest BCUT2D eigenvalue weighted by Gasteiger charge is -2.35. The second-order valence-electron chi connectivity index (χ2n) is 6.07. The van der Waals surface area contributed by atoms with Gasteiger partial charge in [-0.25, -0.2) is 14.4 Å². The van der Waals surface area contributed by atoms with E-state index in [2.05, 4.69) is 15.3 Å². The molecule has 126 valence electrons. The number of benzene rings is 1. The molecule has 4 rings (SSSR count). The van der Waals surface area contributed by atoms with Gasteiger partial charge in [0.05, 0.1) is 22.4 Å². The van der Waals surface area contributed by atoms with Crippen LogP contribution in [0.5, 0.6) is 0 Å². The van der Waals surface area contributed by atoms with Crippen LogP contribution >= 0.6 is 11.6 Å². The van der Waals surface area contributed by atoms with E-state index in [-0.39, 0.29) is 11.1 Å². The van der Waals surface area contributed by atoms with E-state index < -0.39 is 5.82 Å². The van der Waals surface area contributed by atoms with Gasteiger partial charge in [-0.05, 0) is 13.0 Å². The third kappa shape index (κ3) is 2.67. The summed E-state index contributed by atoms with van der Waals surface area (Å²) < 4.78 is 13.9. The van der Waals surface area contributed by atoms with Gasteiger partial charge in [0.1, 0.15) is 5.82 Å². The summed E-state index contributed by atoms with van der Waals surface area (Å²) in [7, 11) is 0. The highest BCUT2D eigenvalue weighted by atomic mass is 35.5. The predicted octanol–water partition coefficient (Wildman–Crippen LogP) is 2.41. The molecule has 0 bridgehead atoms. The maximum Gasteiger partial charge on any atom is 0.193 e. The van der Waals surface area contributed by atoms with E-state index in [9.17, 15) is 4.39 Å². The van der Waals surface area contributed by atoms with Crippen LogP contribution in [-0.4, -0.2) is 55.0 Å². The van der Waals surface area contributed by atoms with Crippen LogP contribution in [0.15, 0.2) is 27.2 Å². The highest BCUT2D eigenvalue weighted by Gasteiger charge is 2.32. The van der Waals surface area contributed by atoms with Crippen LogP contribution in [-0.2, 0) is 0 Å². The molecule has 0 amide bonds. The zero-order chi connectivity index (χ0) is 16.7. The zero-order valence-electron chi connectivity index (χ0n) is 13.3. The van der Waals surface area contributed by atoms with Crippen molar-refractivity contribution in [2.75, 3.05) is 31.2 Å². The Bertz CT molecular complexity index is 753. The van der Waals surface area contributed by atoms with Gasteiger partial charge < -0.3 is 10.2 Å². The second-order valence-corrected chi connectivity index (χ2v) is 6.48. The molecule has 1 aromatic carbocycles. The van der Waals surface area contributed by atoms with E-state index in [0.29, 0.717) is 17.2 Å². The molecular formula is C16H18ClFN6. The lowest BCUT2D eigenvalue weighted by atomic mass is 10.2. The van der Waals surface area contributed by atoms with Crippen LogP contribution in [0.3, 0.4) is 0 Å². The van der Waals surface area contributed by atoms with Crippen molar-refractivity contribution in [2.45, 2.75) is 19.4 Å². The predicted molar refractivity (Wildman–Crippen MR) is 95.4 cm³/mol. The first-order valence-corrected chi connectivity index (χ1v) is 8.45. The Hall–Kier alpha value is -1.99. The standard InChI is InChI=1S/C16H18ClFN6/c1-10-2-3-20-24-14-8-11(17)12(18)9-13(14)22-15(16(24)21-10)23-6-4-19-5-7-23/h3,8-10,19H,2,4-7H2,1H3. The van der Waals surface area contributed by atoms with Crippen molar-refractivity contribution >= 4 is 40.9 Å². The van der Waals surface area contributed by atoms with Crippen LogP contribution in [0.4, 0.5) is 15.8 Å². The first-order chi connectivity index (χ1) is 11.6. The molecule has 0 aliphatic carbocycles. The number of piperazine rings is 1. The molecule has 1 aromatic rings. The van der Waals surface area contributed by atoms with Crippen LogP contribution in [0.1, 0.15) is 13.3 Å². The van der Waals surface area contributed by atoms with Gasteiger partial charge in [0.25, 0.3) is 0 Å². The molecule has 1 atom stereocenters. The summed E-state index contributed by atoms with van der Waals surface area (Å²) in [5.74, 6) is 0.969. The SMILES string of the molecule is CC1CC=NN2C(=N1)C(N1CCNCC1)=Nc1cc(F)c(Cl)cc12. The molecule has 0 radical (unpaired) electrons. The lowest BCUT2D eigenvalue weighted by molar-refractivity contribution is 0.360. The summed E-state index contributed by atoms with van der Waals surface area (Å²) in [5.41, 5.74) is 1.18. The third-order valence-corrected chi connectivity index (χ3v) is 4.57. The average molecular weight is 349 g/mol. The van der Waals surface area contributed by atoms with Gasteiger partial charge >= 0.3 is 0 Å². The van der Waals surface area contributed by atoms with Crippen molar-refractivity contribution in [3.8, 4) is 0 Å². The number of fused-ring (bicyclic) bond motifs is 3. The summed E-state index contributed by atoms with van der Waals surface area (Å²) in [4.78, 5) is 11.7. The molecule has 0 spiro atoms. The van der Waals surface area contributed by atoms with Gasteiger partial charge in [0, 0.05) is 44.9 Å². The number of rotatable bonds is 0. The van der Waals surface area contributed by atoms with E-state index in [4.69, 9.17) is 21.6 Å². The largest absolute Gasteiger partial charge is 0.351 e. The molecule has 3 aliphatic heterocycles. The maximum atomic E-state index is 13.9. The second kappa shape index (κ2) is 6.14. The van der Waals surface area contributed by atoms with Gasteiger partial charge in [0.15, 0.2) is 11.7 Å². The maximum absolute atomic E-state index is 13.9. The number of hydrogen-bond donors (Lipinski definition) is 1. The number of halogens is 2. The monoisotopic (exact) mass is 348 g/mol. The Labute approximate surface area is 144 Å². The quantitative estimate of drug-likeness (QED) is 0.783. The van der Waals surface area contributed by atoms with Crippen molar-refractivity contribution in [2.24, 2.45) is 15.1 Å². The van der Waals surface area contributed by atoms with E-state index in [0.717, 1.165) is 38.4 Å². The first-order valence-electron chi connectivity index (χ1n) is 8.07. The third-order valence-electron chi connectivity index (χ3n) is 4.28. The summed E-state index contributed by atoms with van der Waals surface area (Å²) in [6.07, 6.45) is 2.59. The Morgan fingerprint density at radius 3 is 2.83 bits per heavy atom. The topological polar surface area (TPSA) is 55.6 Å². The van der Waals surface area contributed by atoms with Crippen molar-refractivity contribution in [3.05, 3.63) is 23.0 Å². The Kier molecular flexibility index (Phi) is 3.97. The fourth-order valence-electron chi connectivity index (χ4n) is 3.02. The van der Waals surface area contributed by atoms with E-state index in [1.54, 1.807) is 11.1 Å². The smallest absolute Gasteiger partial charge is 0.193 e. The molecule has 3 aliphatic rings. The Balaban J connectivity index is 1.88. The molecule has 1 N–H and O–H groups in total. The average Bonchev–Trinajstić information content (AvgIpc) is 2.78. The van der Waals surface area contributed by atoms with Crippen LogP contribution in [0.25, 0.3) is 0 Å². The van der Waals surface area contributed by atoms with Gasteiger partial charge in [-0.2, -0.15) is 5.10 Å². The summed E-state index contributed by atoms with van der Waals surface area (Å²) in [5, 5.41) is 9.64. The van der Waals surface area contributed by atoms with Gasteiger partial charge in [-0.1, -0.05) is 11.6 Å². The molecule has 1 unspecified atom stereocenters. The fourth-order valence-corrected chi connectivity index (χ4v) is 3.18. The molecule has 0 saturated carbocycles. The molecule has 8 heteroatoms. The van der Waals surface area contributed by atoms with Gasteiger partial charge in [-0.15, -0.1) is 0 Å². The molecule has 0 aromatic heterocycles. The number of nitrogens with one attached hydrogen (secondary N) is 1. The van der Waals surface area contributed by atoms with Crippen molar-refractivity contribution < 1.29 is 4.39 Å². The molecule has 3 heterocycles. The summed E-state index contributed by atoms with van der Waals surface area (Å²) >= 11 is 5.97. The van der Waals surface area contributed by atoms with Gasteiger partial charge in [0.2, 0.25) is 0 Å². The van der Waals surface area contributed by atoms with Gasteiger partial charge in [-0.3, -0.25) is 4.99 Å². The van der Waals surface area contributed by atoms with E-state index >= 15 is 0 Å². The number of hydrazone groups is 1. The molecule has 1 saturated heterocycles. The Morgan fingerprint density at radius 2 is 2.04 bits per heavy atom. The van der Waals surface area contributed by atoms with Crippen molar-refractivity contribution in [1.82, 2.24) is 10.2 Å². The van der Waals surface area contributed by atoms with Crippen LogP contribution in [0.2, 0.25) is 5.02 Å². The lowest BCUT2D eigenvalue weighted by Crippen LogP contribution is -2.52. The van der Waals surface area contributed by atoms with E-state index in [1.807, 2.05) is 13.1 Å². The van der Waals surface area contributed by atoms with Crippen molar-refractivity contribution in [1.29, 1.82) is 0 Å². The van der Waals surface area contributed by atoms with E-state index in [1.165, 1.54) is 6.07 Å². The number of amidine groups is 2. The number of hydrogen-bond acceptors (Lipinski definition) is 6. The highest BCUT2D eigenvalue weighted by molar-refractivity contribution is 6.47. The molecule has 24 heavy (non-hydrogen) atoms. The van der Waals surface area contributed by atoms with Crippen molar-refractivity contribution in [3.63, 3.8) is 0 Å². The molecular weight excluding hydrogens is 331 g/mol.